The number of para-hydroxylation sites is 1. The van der Waals surface area contributed by atoms with Crippen LogP contribution >= 0.6 is 0 Å². The molecule has 0 bridgehead atoms. The number of nitrogens with one attached hydrogen (secondary N) is 2. The number of aromatic nitrogens is 1. The summed E-state index contributed by atoms with van der Waals surface area (Å²) in [5, 5.41) is 13.0. The lowest BCUT2D eigenvalue weighted by molar-refractivity contribution is -0.114. The number of nitrogens with zero attached hydrogens (tertiary/aromatic N) is 1. The van der Waals surface area contributed by atoms with Crippen LogP contribution < -0.4 is 5.32 Å². The minimum atomic E-state index is -1.00. The largest absolute Gasteiger partial charge is 0.478 e. The SMILES string of the molecule is O=C1CN=C(c2cccc(C(=O)O)c2)c2[nH]c3ccccc3c2N1. The summed E-state index contributed by atoms with van der Waals surface area (Å²) in [6, 6.07) is 14.2. The van der Waals surface area contributed by atoms with Crippen molar-refractivity contribution in [3.05, 3.63) is 65.4 Å². The smallest absolute Gasteiger partial charge is 0.335 e. The number of anilines is 1. The minimum absolute atomic E-state index is 0.0104. The van der Waals surface area contributed by atoms with Crippen molar-refractivity contribution in [2.45, 2.75) is 0 Å². The Morgan fingerprint density at radius 2 is 1.96 bits per heavy atom. The fourth-order valence-electron chi connectivity index (χ4n) is 2.89. The Kier molecular flexibility index (Phi) is 3.16. The van der Waals surface area contributed by atoms with Gasteiger partial charge in [0.2, 0.25) is 5.91 Å². The van der Waals surface area contributed by atoms with Crippen LogP contribution in [-0.2, 0) is 4.79 Å². The van der Waals surface area contributed by atoms with Crippen LogP contribution in [0.4, 0.5) is 5.69 Å². The number of carboxylic acid groups (broad SMARTS) is 1. The molecular weight excluding hydrogens is 306 g/mol. The Labute approximate surface area is 136 Å². The molecule has 6 nitrogen and oxygen atoms in total. The number of rotatable bonds is 2. The molecule has 3 N–H and O–H groups in total. The molecule has 118 valence electrons. The zero-order valence-electron chi connectivity index (χ0n) is 12.5. The predicted octanol–water partition coefficient (Wildman–Crippen LogP) is 2.66. The van der Waals surface area contributed by atoms with Crippen molar-refractivity contribution in [2.24, 2.45) is 4.99 Å². The second kappa shape index (κ2) is 5.34. The minimum Gasteiger partial charge on any atom is -0.478 e. The van der Waals surface area contributed by atoms with E-state index in [0.717, 1.165) is 10.9 Å². The van der Waals surface area contributed by atoms with Gasteiger partial charge in [-0.3, -0.25) is 9.79 Å². The zero-order valence-corrected chi connectivity index (χ0v) is 12.5. The standard InChI is InChI=1S/C18H13N3O3/c22-14-9-19-15(10-4-3-5-11(8-10)18(23)24)17-16(21-14)12-6-1-2-7-13(12)20-17/h1-8,20H,9H2,(H,21,22)(H,23,24). The molecule has 1 amide bonds. The molecule has 2 aromatic carbocycles. The van der Waals surface area contributed by atoms with Crippen LogP contribution in [0.5, 0.6) is 0 Å². The molecule has 1 aromatic heterocycles. The van der Waals surface area contributed by atoms with E-state index >= 15 is 0 Å². The van der Waals surface area contributed by atoms with E-state index in [2.05, 4.69) is 15.3 Å². The van der Waals surface area contributed by atoms with Gasteiger partial charge >= 0.3 is 5.97 Å². The number of carbonyl (C=O) groups excluding carboxylic acids is 1. The number of hydrogen-bond donors (Lipinski definition) is 3. The maximum absolute atomic E-state index is 12.0. The van der Waals surface area contributed by atoms with Crippen LogP contribution in [0.15, 0.2) is 53.5 Å². The highest BCUT2D eigenvalue weighted by atomic mass is 16.4. The van der Waals surface area contributed by atoms with Gasteiger partial charge in [-0.25, -0.2) is 4.79 Å². The molecule has 0 unspecified atom stereocenters. The van der Waals surface area contributed by atoms with Crippen LogP contribution in [0, 0.1) is 0 Å². The van der Waals surface area contributed by atoms with E-state index in [9.17, 15) is 14.7 Å². The van der Waals surface area contributed by atoms with Gasteiger partial charge in [-0.15, -0.1) is 0 Å². The van der Waals surface area contributed by atoms with E-state index in [4.69, 9.17) is 0 Å². The molecule has 1 aliphatic heterocycles. The molecule has 4 rings (SSSR count). The van der Waals surface area contributed by atoms with Crippen molar-refractivity contribution in [1.82, 2.24) is 4.98 Å². The Morgan fingerprint density at radius 3 is 2.79 bits per heavy atom. The zero-order chi connectivity index (χ0) is 16.7. The van der Waals surface area contributed by atoms with Crippen LogP contribution in [0.3, 0.4) is 0 Å². The van der Waals surface area contributed by atoms with E-state index in [1.165, 1.54) is 6.07 Å². The summed E-state index contributed by atoms with van der Waals surface area (Å²) in [6.45, 7) is -0.0104. The third-order valence-corrected chi connectivity index (χ3v) is 3.97. The van der Waals surface area contributed by atoms with Crippen molar-refractivity contribution in [3.8, 4) is 0 Å². The molecule has 0 atom stereocenters. The van der Waals surface area contributed by atoms with E-state index in [1.807, 2.05) is 24.3 Å². The third kappa shape index (κ3) is 2.25. The molecule has 6 heteroatoms. The van der Waals surface area contributed by atoms with Gasteiger partial charge in [0.25, 0.3) is 0 Å². The van der Waals surface area contributed by atoms with Gasteiger partial charge in [0.05, 0.1) is 22.7 Å². The Hall–Kier alpha value is -3.41. The lowest BCUT2D eigenvalue weighted by Crippen LogP contribution is -2.13. The number of carbonyl (C=O) groups is 2. The van der Waals surface area contributed by atoms with Crippen LogP contribution in [0.2, 0.25) is 0 Å². The number of H-pyrrole nitrogens is 1. The quantitative estimate of drug-likeness (QED) is 0.677. The highest BCUT2D eigenvalue weighted by molar-refractivity contribution is 6.23. The normalized spacial score (nSPS) is 13.8. The summed E-state index contributed by atoms with van der Waals surface area (Å²) < 4.78 is 0. The molecule has 0 aliphatic carbocycles. The molecule has 0 saturated heterocycles. The first-order valence-corrected chi connectivity index (χ1v) is 7.42. The maximum atomic E-state index is 12.0. The third-order valence-electron chi connectivity index (χ3n) is 3.97. The number of fused-ring (bicyclic) bond motifs is 3. The molecule has 1 aliphatic rings. The molecular formula is C18H13N3O3. The van der Waals surface area contributed by atoms with Crippen molar-refractivity contribution >= 4 is 34.2 Å². The molecule has 3 aromatic rings. The van der Waals surface area contributed by atoms with Gasteiger partial charge in [0.15, 0.2) is 0 Å². The summed E-state index contributed by atoms with van der Waals surface area (Å²) in [5.74, 6) is -1.21. The summed E-state index contributed by atoms with van der Waals surface area (Å²) in [5.41, 5.74) is 3.64. The Morgan fingerprint density at radius 1 is 1.12 bits per heavy atom. The van der Waals surface area contributed by atoms with E-state index in [-0.39, 0.29) is 18.0 Å². The molecule has 0 saturated carbocycles. The summed E-state index contributed by atoms with van der Waals surface area (Å²) in [6.07, 6.45) is 0. The lowest BCUT2D eigenvalue weighted by atomic mass is 10.0. The average molecular weight is 319 g/mol. The van der Waals surface area contributed by atoms with Gasteiger partial charge in [0.1, 0.15) is 6.54 Å². The fraction of sp³-hybridized carbons (Fsp3) is 0.0556. The number of hydrogen-bond acceptors (Lipinski definition) is 3. The summed E-state index contributed by atoms with van der Waals surface area (Å²) >= 11 is 0. The van der Waals surface area contributed by atoms with Gasteiger partial charge in [-0.05, 0) is 18.2 Å². The van der Waals surface area contributed by atoms with Gasteiger partial charge < -0.3 is 15.4 Å². The lowest BCUT2D eigenvalue weighted by Gasteiger charge is -2.06. The Bertz CT molecular complexity index is 1020. The van der Waals surface area contributed by atoms with Gasteiger partial charge in [-0.1, -0.05) is 30.3 Å². The highest BCUT2D eigenvalue weighted by Gasteiger charge is 2.22. The van der Waals surface area contributed by atoms with E-state index in [1.54, 1.807) is 18.2 Å². The second-order valence-corrected chi connectivity index (χ2v) is 5.52. The number of aliphatic imine (C=N–C) groups is 1. The fourth-order valence-corrected chi connectivity index (χ4v) is 2.89. The Balaban J connectivity index is 1.95. The van der Waals surface area contributed by atoms with Crippen molar-refractivity contribution < 1.29 is 14.7 Å². The van der Waals surface area contributed by atoms with Crippen LogP contribution in [0.1, 0.15) is 21.6 Å². The summed E-state index contributed by atoms with van der Waals surface area (Å²) in [7, 11) is 0. The molecule has 0 fully saturated rings. The van der Waals surface area contributed by atoms with E-state index in [0.29, 0.717) is 22.7 Å². The van der Waals surface area contributed by atoms with Gasteiger partial charge in [-0.2, -0.15) is 0 Å². The van der Waals surface area contributed by atoms with Crippen LogP contribution in [0.25, 0.3) is 10.9 Å². The first-order chi connectivity index (χ1) is 11.6. The highest BCUT2D eigenvalue weighted by Crippen LogP contribution is 2.31. The second-order valence-electron chi connectivity index (χ2n) is 5.52. The van der Waals surface area contributed by atoms with Crippen LogP contribution in [-0.4, -0.2) is 34.2 Å². The van der Waals surface area contributed by atoms with Crippen molar-refractivity contribution in [1.29, 1.82) is 0 Å². The average Bonchev–Trinajstić information content (AvgIpc) is 2.85. The molecule has 0 radical (unpaired) electrons. The molecule has 24 heavy (non-hydrogen) atoms. The number of aromatic amines is 1. The molecule has 0 spiro atoms. The number of benzene rings is 2. The topological polar surface area (TPSA) is 94.6 Å². The summed E-state index contributed by atoms with van der Waals surface area (Å²) in [4.78, 5) is 30.9. The number of carboxylic acids is 1. The first kappa shape index (κ1) is 14.2. The van der Waals surface area contributed by atoms with Crippen molar-refractivity contribution in [2.75, 3.05) is 11.9 Å². The molecule has 2 heterocycles. The maximum Gasteiger partial charge on any atom is 0.335 e. The number of aromatic carboxylic acids is 1. The van der Waals surface area contributed by atoms with Gasteiger partial charge in [0, 0.05) is 16.5 Å². The monoisotopic (exact) mass is 319 g/mol. The van der Waals surface area contributed by atoms with E-state index < -0.39 is 5.97 Å². The predicted molar refractivity (Wildman–Crippen MR) is 90.8 cm³/mol. The van der Waals surface area contributed by atoms with Crippen molar-refractivity contribution in [3.63, 3.8) is 0 Å². The number of amides is 1. The first-order valence-electron chi connectivity index (χ1n) is 7.42.